The molecule has 6 fully saturated rings. The Hall–Kier alpha value is -0.200. The zero-order valence-electron chi connectivity index (χ0n) is 16.8. The number of aliphatic hydroxyl groups is 3. The Morgan fingerprint density at radius 1 is 1.19 bits per heavy atom. The Morgan fingerprint density at radius 3 is 2.67 bits per heavy atom. The minimum absolute atomic E-state index is 0.0657. The highest BCUT2D eigenvalue weighted by Crippen LogP contribution is 2.78. The van der Waals surface area contributed by atoms with Crippen molar-refractivity contribution in [3.05, 3.63) is 0 Å². The van der Waals surface area contributed by atoms with Gasteiger partial charge in [0.1, 0.15) is 0 Å². The molecule has 5 heteroatoms. The fourth-order valence-electron chi connectivity index (χ4n) is 10.1. The van der Waals surface area contributed by atoms with Crippen LogP contribution < -0.4 is 0 Å². The third-order valence-corrected chi connectivity index (χ3v) is 10.7. The van der Waals surface area contributed by atoms with Crippen molar-refractivity contribution in [2.75, 3.05) is 20.2 Å². The Kier molecular flexibility index (Phi) is 3.33. The van der Waals surface area contributed by atoms with Gasteiger partial charge in [0.15, 0.2) is 0 Å². The number of hydrogen-bond acceptors (Lipinski definition) is 5. The van der Waals surface area contributed by atoms with Gasteiger partial charge in [-0.1, -0.05) is 13.8 Å². The third kappa shape index (κ3) is 1.66. The summed E-state index contributed by atoms with van der Waals surface area (Å²) >= 11 is 0. The van der Waals surface area contributed by atoms with Crippen LogP contribution in [0.2, 0.25) is 0 Å². The van der Waals surface area contributed by atoms with Gasteiger partial charge in [-0.25, -0.2) is 0 Å². The summed E-state index contributed by atoms with van der Waals surface area (Å²) in [5.74, 6) is 0.840. The van der Waals surface area contributed by atoms with Crippen LogP contribution in [0.15, 0.2) is 0 Å². The third-order valence-electron chi connectivity index (χ3n) is 10.7. The highest BCUT2D eigenvalue weighted by molar-refractivity contribution is 5.32. The second-order valence-electron chi connectivity index (χ2n) is 11.1. The number of piperidine rings is 1. The molecule has 1 spiro atoms. The first-order valence-corrected chi connectivity index (χ1v) is 11.2. The predicted octanol–water partition coefficient (Wildman–Crippen LogP) is 1.25. The summed E-state index contributed by atoms with van der Waals surface area (Å²) in [5, 5.41) is 34.9. The van der Waals surface area contributed by atoms with Gasteiger partial charge < -0.3 is 20.1 Å². The number of rotatable bonds is 2. The van der Waals surface area contributed by atoms with Crippen molar-refractivity contribution in [2.45, 2.75) is 75.9 Å². The molecular weight excluding hydrogens is 342 g/mol. The Morgan fingerprint density at radius 2 is 1.96 bits per heavy atom. The molecule has 6 rings (SSSR count). The largest absolute Gasteiger partial charge is 0.392 e. The molecule has 152 valence electrons. The quantitative estimate of drug-likeness (QED) is 0.676. The second-order valence-corrected chi connectivity index (χ2v) is 11.1. The van der Waals surface area contributed by atoms with E-state index >= 15 is 0 Å². The summed E-state index contributed by atoms with van der Waals surface area (Å²) in [6.45, 7) is 6.74. The average Bonchev–Trinajstić information content (AvgIpc) is 3.07. The summed E-state index contributed by atoms with van der Waals surface area (Å²) in [5.41, 5.74) is -0.788. The maximum Gasteiger partial charge on any atom is 0.0771 e. The molecule has 5 nitrogen and oxygen atoms in total. The van der Waals surface area contributed by atoms with Crippen molar-refractivity contribution < 1.29 is 20.1 Å². The van der Waals surface area contributed by atoms with Crippen LogP contribution in [-0.4, -0.2) is 70.4 Å². The molecule has 0 aromatic carbocycles. The minimum Gasteiger partial charge on any atom is -0.392 e. The number of aliphatic hydroxyl groups excluding tert-OH is 2. The van der Waals surface area contributed by atoms with E-state index in [1.165, 1.54) is 0 Å². The van der Waals surface area contributed by atoms with Crippen molar-refractivity contribution >= 4 is 0 Å². The number of fused-ring (bicyclic) bond motifs is 2. The van der Waals surface area contributed by atoms with Crippen LogP contribution in [0.5, 0.6) is 0 Å². The normalized spacial score (nSPS) is 66.2. The molecule has 0 aromatic heterocycles. The average molecular weight is 378 g/mol. The number of methoxy groups -OCH3 is 1. The molecule has 1 saturated heterocycles. The summed E-state index contributed by atoms with van der Waals surface area (Å²) in [4.78, 5) is 2.60. The van der Waals surface area contributed by atoms with Gasteiger partial charge in [-0.15, -0.1) is 0 Å². The molecule has 5 saturated carbocycles. The Labute approximate surface area is 162 Å². The van der Waals surface area contributed by atoms with Gasteiger partial charge in [0.05, 0.1) is 23.9 Å². The first-order chi connectivity index (χ1) is 12.8. The smallest absolute Gasteiger partial charge is 0.0771 e. The van der Waals surface area contributed by atoms with Crippen molar-refractivity contribution in [3.63, 3.8) is 0 Å². The summed E-state index contributed by atoms with van der Waals surface area (Å²) < 4.78 is 5.79. The van der Waals surface area contributed by atoms with Gasteiger partial charge in [-0.3, -0.25) is 4.90 Å². The minimum atomic E-state index is -0.858. The first-order valence-electron chi connectivity index (χ1n) is 11.2. The second kappa shape index (κ2) is 5.10. The lowest BCUT2D eigenvalue weighted by Gasteiger charge is -2.68. The molecule has 1 aliphatic heterocycles. The monoisotopic (exact) mass is 377 g/mol. The first kappa shape index (κ1) is 17.6. The van der Waals surface area contributed by atoms with E-state index in [9.17, 15) is 15.3 Å². The lowest BCUT2D eigenvalue weighted by atomic mass is 9.43. The maximum atomic E-state index is 12.1. The SMILES string of the molecule is CCN1C[C@]2(C)CC[C@H](O)C34[C@@H]5C[C@H]6[C@H](O)[C@@H]5[C@](O)(C[C@@H]6OC)[C@@H](C[C@@H]32)[C@@H]14. The van der Waals surface area contributed by atoms with Gasteiger partial charge in [0.2, 0.25) is 0 Å². The molecule has 3 N–H and O–H groups in total. The molecule has 12 atom stereocenters. The number of nitrogens with zero attached hydrogens (tertiary/aromatic N) is 1. The summed E-state index contributed by atoms with van der Waals surface area (Å²) in [6.07, 6.45) is 3.66. The van der Waals surface area contributed by atoms with E-state index < -0.39 is 11.7 Å². The fraction of sp³-hybridized carbons (Fsp3) is 1.00. The van der Waals surface area contributed by atoms with E-state index in [1.807, 2.05) is 0 Å². The van der Waals surface area contributed by atoms with Gasteiger partial charge >= 0.3 is 0 Å². The fourth-order valence-corrected chi connectivity index (χ4v) is 10.1. The van der Waals surface area contributed by atoms with E-state index in [1.54, 1.807) is 7.11 Å². The molecule has 5 aliphatic carbocycles. The number of ether oxygens (including phenoxy) is 1. The van der Waals surface area contributed by atoms with Gasteiger partial charge in [-0.05, 0) is 49.5 Å². The molecule has 1 unspecified atom stereocenters. The summed E-state index contributed by atoms with van der Waals surface area (Å²) in [7, 11) is 1.73. The molecule has 0 amide bonds. The Bertz CT molecular complexity index is 673. The van der Waals surface area contributed by atoms with Gasteiger partial charge in [0.25, 0.3) is 0 Å². The van der Waals surface area contributed by atoms with Gasteiger partial charge in [0, 0.05) is 49.3 Å². The molecular formula is C22H35NO4. The van der Waals surface area contributed by atoms with Crippen LogP contribution in [0, 0.1) is 40.4 Å². The molecule has 6 aliphatic rings. The lowest BCUT2D eigenvalue weighted by molar-refractivity contribution is -0.266. The van der Waals surface area contributed by atoms with Crippen molar-refractivity contribution in [3.8, 4) is 0 Å². The highest BCUT2D eigenvalue weighted by atomic mass is 16.5. The standard InChI is InChI=1S/C22H35NO4/c1-4-23-10-20(2)6-5-16(24)22-12-7-11-14(27-3)9-21(26,17(12)18(11)25)13(19(22)23)8-15(20)22/h11-19,24-26H,4-10H2,1-3H3/t11-,12-,13+,14+,15-,16+,17-,18+,19-,20+,21+,22?/m1/s1. The molecule has 0 aromatic rings. The van der Waals surface area contributed by atoms with Crippen molar-refractivity contribution in [1.82, 2.24) is 4.90 Å². The predicted molar refractivity (Wildman–Crippen MR) is 99.9 cm³/mol. The van der Waals surface area contributed by atoms with E-state index in [4.69, 9.17) is 4.74 Å². The van der Waals surface area contributed by atoms with Crippen LogP contribution >= 0.6 is 0 Å². The zero-order valence-corrected chi connectivity index (χ0v) is 16.8. The Balaban J connectivity index is 1.59. The van der Waals surface area contributed by atoms with E-state index in [2.05, 4.69) is 18.7 Å². The van der Waals surface area contributed by atoms with Gasteiger partial charge in [-0.2, -0.15) is 0 Å². The van der Waals surface area contributed by atoms with E-state index in [0.717, 1.165) is 38.8 Å². The van der Waals surface area contributed by atoms with Crippen molar-refractivity contribution in [2.24, 2.45) is 40.4 Å². The van der Waals surface area contributed by atoms with Crippen molar-refractivity contribution in [1.29, 1.82) is 0 Å². The zero-order chi connectivity index (χ0) is 18.9. The molecule has 1 heterocycles. The maximum absolute atomic E-state index is 12.1. The topological polar surface area (TPSA) is 73.2 Å². The van der Waals surface area contributed by atoms with E-state index in [0.29, 0.717) is 12.3 Å². The number of hydrogen-bond donors (Lipinski definition) is 3. The molecule has 0 radical (unpaired) electrons. The van der Waals surface area contributed by atoms with Crippen LogP contribution in [0.1, 0.15) is 46.0 Å². The van der Waals surface area contributed by atoms with Crippen LogP contribution in [0.25, 0.3) is 0 Å². The summed E-state index contributed by atoms with van der Waals surface area (Å²) in [6, 6.07) is 0.253. The number of likely N-dealkylation sites (tertiary alicyclic amines) is 1. The highest BCUT2D eigenvalue weighted by Gasteiger charge is 2.82. The van der Waals surface area contributed by atoms with Crippen LogP contribution in [-0.2, 0) is 4.74 Å². The lowest BCUT2D eigenvalue weighted by Crippen LogP contribution is -2.75. The molecule has 7 bridgehead atoms. The van der Waals surface area contributed by atoms with Crippen LogP contribution in [0.3, 0.4) is 0 Å². The van der Waals surface area contributed by atoms with E-state index in [-0.39, 0.29) is 52.8 Å². The molecule has 27 heavy (non-hydrogen) atoms. The van der Waals surface area contributed by atoms with Crippen LogP contribution in [0.4, 0.5) is 0 Å².